The van der Waals surface area contributed by atoms with E-state index < -0.39 is 22.6 Å². The second-order valence-corrected chi connectivity index (χ2v) is 4.75. The van der Waals surface area contributed by atoms with Gasteiger partial charge in [0, 0.05) is 16.6 Å². The van der Waals surface area contributed by atoms with Crippen LogP contribution in [0.25, 0.3) is 0 Å². The van der Waals surface area contributed by atoms with Crippen molar-refractivity contribution in [2.75, 3.05) is 0 Å². The summed E-state index contributed by atoms with van der Waals surface area (Å²) in [6.07, 6.45) is -2.86. The van der Waals surface area contributed by atoms with Gasteiger partial charge in [0.15, 0.2) is 0 Å². The molecule has 0 saturated carbocycles. The number of alkyl halides is 2. The maximum absolute atomic E-state index is 12.9. The topological polar surface area (TPSA) is 52.4 Å². The normalized spacial score (nSPS) is 10.6. The van der Waals surface area contributed by atoms with Crippen LogP contribution in [0.5, 0.6) is 11.5 Å². The summed E-state index contributed by atoms with van der Waals surface area (Å²) in [5, 5.41) is 10.6. The molecule has 2 aromatic rings. The number of benzene rings is 2. The first-order chi connectivity index (χ1) is 9.47. The van der Waals surface area contributed by atoms with Crippen LogP contribution in [0.4, 0.5) is 14.5 Å². The summed E-state index contributed by atoms with van der Waals surface area (Å²) >= 11 is 3.24. The molecule has 0 unspecified atom stereocenters. The fourth-order valence-corrected chi connectivity index (χ4v) is 1.81. The number of hydrogen-bond acceptors (Lipinski definition) is 3. The maximum atomic E-state index is 12.9. The predicted octanol–water partition coefficient (Wildman–Crippen LogP) is 5.09. The Morgan fingerprint density at radius 3 is 2.35 bits per heavy atom. The van der Waals surface area contributed by atoms with Gasteiger partial charge in [-0.3, -0.25) is 10.1 Å². The summed E-state index contributed by atoms with van der Waals surface area (Å²) in [4.78, 5) is 9.87. The lowest BCUT2D eigenvalue weighted by Crippen LogP contribution is -1.95. The van der Waals surface area contributed by atoms with Crippen molar-refractivity contribution in [3.63, 3.8) is 0 Å². The fourth-order valence-electron chi connectivity index (χ4n) is 1.54. The molecule has 2 aromatic carbocycles. The fraction of sp³-hybridized carbons (Fsp3) is 0.0769. The number of nitrogens with zero attached hydrogens (tertiary/aromatic N) is 1. The van der Waals surface area contributed by atoms with Gasteiger partial charge in [-0.15, -0.1) is 0 Å². The smallest absolute Gasteiger partial charge is 0.270 e. The first-order valence-electron chi connectivity index (χ1n) is 5.47. The molecule has 2 rings (SSSR count). The molecule has 7 heteroatoms. The molecule has 0 aliphatic rings. The lowest BCUT2D eigenvalue weighted by molar-refractivity contribution is -0.385. The molecule has 0 aromatic heterocycles. The highest BCUT2D eigenvalue weighted by Crippen LogP contribution is 2.35. The summed E-state index contributed by atoms with van der Waals surface area (Å²) in [6, 6.07) is 9.70. The van der Waals surface area contributed by atoms with Crippen molar-refractivity contribution in [3.8, 4) is 11.5 Å². The summed E-state index contributed by atoms with van der Waals surface area (Å²) in [7, 11) is 0. The number of ether oxygens (including phenoxy) is 1. The molecule has 0 atom stereocenters. The molecule has 0 fully saturated rings. The highest BCUT2D eigenvalue weighted by molar-refractivity contribution is 9.10. The average molecular weight is 344 g/mol. The van der Waals surface area contributed by atoms with Gasteiger partial charge in [0.2, 0.25) is 0 Å². The number of nitro benzene ring substituents is 1. The van der Waals surface area contributed by atoms with Crippen molar-refractivity contribution in [1.29, 1.82) is 0 Å². The van der Waals surface area contributed by atoms with E-state index in [2.05, 4.69) is 15.9 Å². The van der Waals surface area contributed by atoms with E-state index in [4.69, 9.17) is 4.74 Å². The molecule has 0 aliphatic heterocycles. The van der Waals surface area contributed by atoms with E-state index >= 15 is 0 Å². The highest BCUT2D eigenvalue weighted by Gasteiger charge is 2.19. The van der Waals surface area contributed by atoms with E-state index in [1.54, 1.807) is 24.3 Å². The first-order valence-corrected chi connectivity index (χ1v) is 6.26. The molecule has 0 saturated heterocycles. The monoisotopic (exact) mass is 343 g/mol. The van der Waals surface area contributed by atoms with E-state index in [1.165, 1.54) is 6.07 Å². The van der Waals surface area contributed by atoms with Gasteiger partial charge < -0.3 is 4.74 Å². The Labute approximate surface area is 121 Å². The maximum Gasteiger partial charge on any atom is 0.270 e. The first kappa shape index (κ1) is 14.4. The number of rotatable bonds is 4. The van der Waals surface area contributed by atoms with Crippen LogP contribution in [-0.4, -0.2) is 4.92 Å². The largest absolute Gasteiger partial charge is 0.457 e. The van der Waals surface area contributed by atoms with Gasteiger partial charge in [-0.05, 0) is 30.3 Å². The Hall–Kier alpha value is -2.02. The number of nitro groups is 1. The van der Waals surface area contributed by atoms with Crippen LogP contribution in [0.3, 0.4) is 0 Å². The van der Waals surface area contributed by atoms with E-state index in [0.29, 0.717) is 5.75 Å². The van der Waals surface area contributed by atoms with E-state index in [0.717, 1.165) is 16.6 Å². The van der Waals surface area contributed by atoms with Gasteiger partial charge in [-0.25, -0.2) is 8.78 Å². The summed E-state index contributed by atoms with van der Waals surface area (Å²) < 4.78 is 32.0. The van der Waals surface area contributed by atoms with Crippen molar-refractivity contribution >= 4 is 21.6 Å². The second kappa shape index (κ2) is 5.96. The van der Waals surface area contributed by atoms with E-state index in [-0.39, 0.29) is 5.75 Å². The highest BCUT2D eigenvalue weighted by atomic mass is 79.9. The molecule has 20 heavy (non-hydrogen) atoms. The predicted molar refractivity (Wildman–Crippen MR) is 72.3 cm³/mol. The van der Waals surface area contributed by atoms with Crippen LogP contribution in [0.1, 0.15) is 12.0 Å². The third-order valence-electron chi connectivity index (χ3n) is 2.48. The van der Waals surface area contributed by atoms with Crippen molar-refractivity contribution in [1.82, 2.24) is 0 Å². The molecule has 0 spiro atoms. The Morgan fingerprint density at radius 1 is 1.15 bits per heavy atom. The number of halogens is 3. The van der Waals surface area contributed by atoms with Crippen LogP contribution in [0, 0.1) is 10.1 Å². The van der Waals surface area contributed by atoms with Crippen LogP contribution in [-0.2, 0) is 0 Å². The standard InChI is InChI=1S/C13H8BrF2NO3/c14-8-1-4-10(5-2-8)20-12-6-3-9(17(18)19)7-11(12)13(15)16/h1-7,13H. The van der Waals surface area contributed by atoms with E-state index in [1.807, 2.05) is 0 Å². The Morgan fingerprint density at radius 2 is 1.80 bits per heavy atom. The van der Waals surface area contributed by atoms with Crippen LogP contribution >= 0.6 is 15.9 Å². The van der Waals surface area contributed by atoms with Gasteiger partial charge in [0.1, 0.15) is 11.5 Å². The van der Waals surface area contributed by atoms with Gasteiger partial charge in [0.05, 0.1) is 10.5 Å². The van der Waals surface area contributed by atoms with Gasteiger partial charge in [-0.1, -0.05) is 15.9 Å². The molecule has 0 radical (unpaired) electrons. The zero-order valence-corrected chi connectivity index (χ0v) is 11.5. The number of hydrogen-bond donors (Lipinski definition) is 0. The average Bonchev–Trinajstić information content (AvgIpc) is 2.41. The summed E-state index contributed by atoms with van der Waals surface area (Å²) in [6.45, 7) is 0. The van der Waals surface area contributed by atoms with Gasteiger partial charge >= 0.3 is 0 Å². The summed E-state index contributed by atoms with van der Waals surface area (Å²) in [5.41, 5.74) is -0.912. The lowest BCUT2D eigenvalue weighted by atomic mass is 10.2. The minimum atomic E-state index is -2.86. The molecule has 0 heterocycles. The van der Waals surface area contributed by atoms with E-state index in [9.17, 15) is 18.9 Å². The number of non-ortho nitro benzene ring substituents is 1. The van der Waals surface area contributed by atoms with Crippen LogP contribution in [0.15, 0.2) is 46.9 Å². The SMILES string of the molecule is O=[N+]([O-])c1ccc(Oc2ccc(Br)cc2)c(C(F)F)c1. The Kier molecular flexibility index (Phi) is 4.29. The minimum absolute atomic E-state index is 0.104. The van der Waals surface area contributed by atoms with Crippen molar-refractivity contribution in [2.45, 2.75) is 6.43 Å². The molecule has 0 N–H and O–H groups in total. The molecule has 0 aliphatic carbocycles. The molecule has 4 nitrogen and oxygen atoms in total. The third kappa shape index (κ3) is 3.30. The minimum Gasteiger partial charge on any atom is -0.457 e. The van der Waals surface area contributed by atoms with Crippen LogP contribution < -0.4 is 4.74 Å². The Balaban J connectivity index is 2.35. The van der Waals surface area contributed by atoms with Gasteiger partial charge in [-0.2, -0.15) is 0 Å². The molecule has 0 bridgehead atoms. The zero-order chi connectivity index (χ0) is 14.7. The summed E-state index contributed by atoms with van der Waals surface area (Å²) in [5.74, 6) is 0.261. The quantitative estimate of drug-likeness (QED) is 0.574. The van der Waals surface area contributed by atoms with Crippen molar-refractivity contribution in [2.24, 2.45) is 0 Å². The second-order valence-electron chi connectivity index (χ2n) is 3.84. The molecule has 104 valence electrons. The zero-order valence-electron chi connectivity index (χ0n) is 9.92. The van der Waals surface area contributed by atoms with Crippen molar-refractivity contribution < 1.29 is 18.4 Å². The van der Waals surface area contributed by atoms with Crippen molar-refractivity contribution in [3.05, 3.63) is 62.6 Å². The molecular weight excluding hydrogens is 336 g/mol. The lowest BCUT2D eigenvalue weighted by Gasteiger charge is -2.10. The molecule has 0 amide bonds. The Bertz CT molecular complexity index is 632. The third-order valence-corrected chi connectivity index (χ3v) is 3.01. The van der Waals surface area contributed by atoms with Gasteiger partial charge in [0.25, 0.3) is 12.1 Å². The van der Waals surface area contributed by atoms with Crippen LogP contribution in [0.2, 0.25) is 0 Å². The molecular formula is C13H8BrF2NO3.